The highest BCUT2D eigenvalue weighted by molar-refractivity contribution is 5.79. The molecule has 4 aromatic rings. The summed E-state index contributed by atoms with van der Waals surface area (Å²) in [6.07, 6.45) is 1.85. The quantitative estimate of drug-likeness (QED) is 0.419. The molecular weight excluding hydrogens is 389 g/mol. The summed E-state index contributed by atoms with van der Waals surface area (Å²) in [5.41, 5.74) is 4.70. The van der Waals surface area contributed by atoms with Crippen molar-refractivity contribution >= 4 is 16.9 Å². The Morgan fingerprint density at radius 2 is 1.68 bits per heavy atom. The van der Waals surface area contributed by atoms with Gasteiger partial charge in [0.25, 0.3) is 0 Å². The highest BCUT2D eigenvalue weighted by Crippen LogP contribution is 2.20. The normalized spacial score (nSPS) is 11.0. The maximum atomic E-state index is 14.2. The third-order valence-corrected chi connectivity index (χ3v) is 5.53. The number of fused-ring (bicyclic) bond motifs is 1. The monoisotopic (exact) mass is 415 g/mol. The minimum Gasteiger partial charge on any atom is -0.356 e. The average molecular weight is 416 g/mol. The molecule has 0 saturated carbocycles. The van der Waals surface area contributed by atoms with Crippen molar-refractivity contribution in [2.24, 2.45) is 0 Å². The van der Waals surface area contributed by atoms with Gasteiger partial charge in [0.1, 0.15) is 11.6 Å². The van der Waals surface area contributed by atoms with E-state index in [-0.39, 0.29) is 11.7 Å². The minimum atomic E-state index is -0.213. The van der Waals surface area contributed by atoms with Gasteiger partial charge in [-0.05, 0) is 42.7 Å². The van der Waals surface area contributed by atoms with E-state index < -0.39 is 0 Å². The first-order valence-corrected chi connectivity index (χ1v) is 10.6. The second kappa shape index (κ2) is 9.56. The van der Waals surface area contributed by atoms with Crippen molar-refractivity contribution in [1.29, 1.82) is 0 Å². The number of carbonyl (C=O) groups excluding carboxylic acids is 1. The Bertz CT molecular complexity index is 1200. The van der Waals surface area contributed by atoms with Crippen LogP contribution in [0.5, 0.6) is 0 Å². The van der Waals surface area contributed by atoms with Gasteiger partial charge in [0.05, 0.1) is 24.0 Å². The summed E-state index contributed by atoms with van der Waals surface area (Å²) in [6, 6.07) is 22.7. The highest BCUT2D eigenvalue weighted by atomic mass is 19.1. The zero-order valence-corrected chi connectivity index (χ0v) is 17.6. The fraction of sp³-hybridized carbons (Fsp3) is 0.231. The van der Waals surface area contributed by atoms with Crippen LogP contribution >= 0.6 is 0 Å². The molecular formula is C26H26FN3O. The molecule has 0 bridgehead atoms. The van der Waals surface area contributed by atoms with Gasteiger partial charge in [0.15, 0.2) is 0 Å². The first kappa shape index (κ1) is 20.8. The van der Waals surface area contributed by atoms with Crippen LogP contribution in [0.4, 0.5) is 4.39 Å². The van der Waals surface area contributed by atoms with Crippen molar-refractivity contribution in [2.45, 2.75) is 32.7 Å². The fourth-order valence-corrected chi connectivity index (χ4v) is 3.81. The lowest BCUT2D eigenvalue weighted by Gasteiger charge is -2.11. The van der Waals surface area contributed by atoms with Crippen molar-refractivity contribution in [3.8, 4) is 0 Å². The van der Waals surface area contributed by atoms with Crippen LogP contribution < -0.4 is 5.32 Å². The van der Waals surface area contributed by atoms with Gasteiger partial charge < -0.3 is 9.88 Å². The molecule has 1 heterocycles. The van der Waals surface area contributed by atoms with Gasteiger partial charge in [-0.2, -0.15) is 0 Å². The van der Waals surface area contributed by atoms with Crippen LogP contribution in [0, 0.1) is 12.7 Å². The largest absolute Gasteiger partial charge is 0.356 e. The SMILES string of the molecule is Cc1ccccc1CC(=O)NCCCc1nc2ccccc2n1Cc1ccccc1F. The van der Waals surface area contributed by atoms with Gasteiger partial charge in [-0.1, -0.05) is 54.6 Å². The Morgan fingerprint density at radius 3 is 2.48 bits per heavy atom. The Balaban J connectivity index is 1.41. The molecule has 1 aromatic heterocycles. The predicted molar refractivity (Wildman–Crippen MR) is 121 cm³/mol. The molecule has 158 valence electrons. The van der Waals surface area contributed by atoms with Crippen LogP contribution in [0.25, 0.3) is 11.0 Å². The predicted octanol–water partition coefficient (Wildman–Crippen LogP) is 4.82. The van der Waals surface area contributed by atoms with Crippen LogP contribution in [-0.4, -0.2) is 22.0 Å². The topological polar surface area (TPSA) is 46.9 Å². The molecule has 0 fully saturated rings. The number of hydrogen-bond donors (Lipinski definition) is 1. The van der Waals surface area contributed by atoms with E-state index in [1.807, 2.05) is 61.5 Å². The number of aryl methyl sites for hydroxylation is 2. The summed E-state index contributed by atoms with van der Waals surface area (Å²) >= 11 is 0. The number of nitrogens with one attached hydrogen (secondary N) is 1. The smallest absolute Gasteiger partial charge is 0.224 e. The Labute approximate surface area is 181 Å². The molecule has 4 rings (SSSR count). The second-order valence-corrected chi connectivity index (χ2v) is 7.75. The van der Waals surface area contributed by atoms with Gasteiger partial charge in [-0.25, -0.2) is 9.37 Å². The molecule has 0 radical (unpaired) electrons. The summed E-state index contributed by atoms with van der Waals surface area (Å²) in [4.78, 5) is 17.1. The lowest BCUT2D eigenvalue weighted by Crippen LogP contribution is -2.26. The van der Waals surface area contributed by atoms with E-state index in [0.717, 1.165) is 34.4 Å². The lowest BCUT2D eigenvalue weighted by molar-refractivity contribution is -0.120. The number of nitrogens with zero attached hydrogens (tertiary/aromatic N) is 2. The van der Waals surface area contributed by atoms with Gasteiger partial charge in [-0.3, -0.25) is 4.79 Å². The molecule has 4 nitrogen and oxygen atoms in total. The maximum Gasteiger partial charge on any atom is 0.224 e. The second-order valence-electron chi connectivity index (χ2n) is 7.75. The third-order valence-electron chi connectivity index (χ3n) is 5.53. The van der Waals surface area contributed by atoms with Crippen LogP contribution in [0.2, 0.25) is 0 Å². The molecule has 1 N–H and O–H groups in total. The van der Waals surface area contributed by atoms with Gasteiger partial charge >= 0.3 is 0 Å². The molecule has 0 aliphatic carbocycles. The summed E-state index contributed by atoms with van der Waals surface area (Å²) in [7, 11) is 0. The van der Waals surface area contributed by atoms with Crippen LogP contribution in [-0.2, 0) is 24.2 Å². The Kier molecular flexibility index (Phi) is 6.41. The van der Waals surface area contributed by atoms with E-state index >= 15 is 0 Å². The van der Waals surface area contributed by atoms with Gasteiger partial charge in [0, 0.05) is 18.5 Å². The maximum absolute atomic E-state index is 14.2. The average Bonchev–Trinajstić information content (AvgIpc) is 3.12. The molecule has 0 aliphatic heterocycles. The number of amides is 1. The Morgan fingerprint density at radius 1 is 0.968 bits per heavy atom. The fourth-order valence-electron chi connectivity index (χ4n) is 3.81. The zero-order valence-electron chi connectivity index (χ0n) is 17.6. The van der Waals surface area contributed by atoms with E-state index in [1.165, 1.54) is 6.07 Å². The Hall–Kier alpha value is -3.47. The van der Waals surface area contributed by atoms with Crippen LogP contribution in [0.1, 0.15) is 28.9 Å². The summed E-state index contributed by atoms with van der Waals surface area (Å²) in [5, 5.41) is 3.00. The number of para-hydroxylation sites is 2. The van der Waals surface area contributed by atoms with Crippen LogP contribution in [0.3, 0.4) is 0 Å². The van der Waals surface area contributed by atoms with Gasteiger partial charge in [0.2, 0.25) is 5.91 Å². The number of rotatable bonds is 8. The van der Waals surface area contributed by atoms with E-state index in [0.29, 0.717) is 31.5 Å². The van der Waals surface area contributed by atoms with Crippen molar-refractivity contribution < 1.29 is 9.18 Å². The first-order chi connectivity index (χ1) is 15.1. The van der Waals surface area contributed by atoms with Crippen LogP contribution in [0.15, 0.2) is 72.8 Å². The van der Waals surface area contributed by atoms with E-state index in [1.54, 1.807) is 12.1 Å². The summed E-state index contributed by atoms with van der Waals surface area (Å²) < 4.78 is 16.3. The van der Waals surface area contributed by atoms with E-state index in [2.05, 4.69) is 9.88 Å². The van der Waals surface area contributed by atoms with E-state index in [4.69, 9.17) is 4.98 Å². The molecule has 5 heteroatoms. The van der Waals surface area contributed by atoms with Gasteiger partial charge in [-0.15, -0.1) is 0 Å². The molecule has 0 saturated heterocycles. The number of halogens is 1. The zero-order chi connectivity index (χ0) is 21.6. The number of imidazole rings is 1. The lowest BCUT2D eigenvalue weighted by atomic mass is 10.1. The summed E-state index contributed by atoms with van der Waals surface area (Å²) in [6.45, 7) is 3.03. The first-order valence-electron chi connectivity index (χ1n) is 10.6. The molecule has 1 amide bonds. The summed E-state index contributed by atoms with van der Waals surface area (Å²) in [5.74, 6) is 0.710. The number of benzene rings is 3. The molecule has 0 unspecified atom stereocenters. The number of hydrogen-bond acceptors (Lipinski definition) is 2. The third kappa shape index (κ3) is 5.00. The number of aromatic nitrogens is 2. The standard InChI is InChI=1S/C26H26FN3O/c1-19-9-2-3-10-20(19)17-26(31)28-16-8-15-25-29-23-13-6-7-14-24(23)30(25)18-21-11-4-5-12-22(21)27/h2-7,9-14H,8,15-18H2,1H3,(H,28,31). The molecule has 0 spiro atoms. The van der Waals surface area contributed by atoms with Crippen molar-refractivity contribution in [3.05, 3.63) is 101 Å². The molecule has 0 atom stereocenters. The van der Waals surface area contributed by atoms with Crippen molar-refractivity contribution in [1.82, 2.24) is 14.9 Å². The van der Waals surface area contributed by atoms with Crippen molar-refractivity contribution in [3.63, 3.8) is 0 Å². The molecule has 0 aliphatic rings. The molecule has 31 heavy (non-hydrogen) atoms. The minimum absolute atomic E-state index is 0.0224. The van der Waals surface area contributed by atoms with Crippen molar-refractivity contribution in [2.75, 3.05) is 6.54 Å². The molecule has 3 aromatic carbocycles. The number of carbonyl (C=O) groups is 1. The van der Waals surface area contributed by atoms with E-state index in [9.17, 15) is 9.18 Å². The highest BCUT2D eigenvalue weighted by Gasteiger charge is 2.13.